The van der Waals surface area contributed by atoms with E-state index < -0.39 is 0 Å². The number of anilines is 1. The molecule has 2 rings (SSSR count). The van der Waals surface area contributed by atoms with Crippen LogP contribution in [0.2, 0.25) is 0 Å². The van der Waals surface area contributed by atoms with Crippen molar-refractivity contribution in [2.45, 2.75) is 33.6 Å². The van der Waals surface area contributed by atoms with Crippen LogP contribution >= 0.6 is 0 Å². The minimum atomic E-state index is -0.137. The van der Waals surface area contributed by atoms with Gasteiger partial charge in [0.2, 0.25) is 0 Å². The summed E-state index contributed by atoms with van der Waals surface area (Å²) in [5.74, 6) is 0.332. The molecule has 0 unspecified atom stereocenters. The summed E-state index contributed by atoms with van der Waals surface area (Å²) in [5, 5.41) is 12.8. The number of hydrogen-bond donors (Lipinski definition) is 2. The average Bonchev–Trinajstić information content (AvgIpc) is 2.43. The third-order valence-corrected chi connectivity index (χ3v) is 3.55. The van der Waals surface area contributed by atoms with Crippen LogP contribution in [-0.4, -0.2) is 11.0 Å². The first-order chi connectivity index (χ1) is 9.88. The van der Waals surface area contributed by atoms with Gasteiger partial charge < -0.3 is 10.4 Å². The lowest BCUT2D eigenvalue weighted by molar-refractivity contribution is 0.102. The number of nitrogens with one attached hydrogen (secondary N) is 1. The molecule has 0 heterocycles. The highest BCUT2D eigenvalue weighted by molar-refractivity contribution is 6.04. The molecular weight excluding hydrogens is 262 g/mol. The van der Waals surface area contributed by atoms with Gasteiger partial charge in [-0.25, -0.2) is 0 Å². The Bertz CT molecular complexity index is 658. The standard InChI is InChI=1S/C18H21NO2/c1-11(2)15-10-17(20)13(4)9-16(15)19-18(21)14-7-5-12(3)6-8-14/h5-11,20H,1-4H3,(H,19,21). The molecule has 21 heavy (non-hydrogen) atoms. The highest BCUT2D eigenvalue weighted by atomic mass is 16.3. The third-order valence-electron chi connectivity index (χ3n) is 3.55. The molecular formula is C18H21NO2. The molecule has 0 saturated carbocycles. The van der Waals surface area contributed by atoms with Crippen LogP contribution in [0.3, 0.4) is 0 Å². The molecule has 0 aliphatic carbocycles. The quantitative estimate of drug-likeness (QED) is 0.821. The van der Waals surface area contributed by atoms with E-state index in [2.05, 4.69) is 5.32 Å². The molecule has 0 spiro atoms. The summed E-state index contributed by atoms with van der Waals surface area (Å²) in [6.07, 6.45) is 0. The summed E-state index contributed by atoms with van der Waals surface area (Å²) in [7, 11) is 0. The number of carbonyl (C=O) groups excluding carboxylic acids is 1. The van der Waals surface area contributed by atoms with Crippen molar-refractivity contribution in [1.82, 2.24) is 0 Å². The van der Waals surface area contributed by atoms with Crippen LogP contribution < -0.4 is 5.32 Å². The Morgan fingerprint density at radius 3 is 2.29 bits per heavy atom. The van der Waals surface area contributed by atoms with Gasteiger partial charge in [0.1, 0.15) is 5.75 Å². The van der Waals surface area contributed by atoms with E-state index in [-0.39, 0.29) is 17.6 Å². The van der Waals surface area contributed by atoms with Crippen LogP contribution in [0.4, 0.5) is 5.69 Å². The molecule has 3 nitrogen and oxygen atoms in total. The van der Waals surface area contributed by atoms with Crippen LogP contribution in [0, 0.1) is 13.8 Å². The second kappa shape index (κ2) is 6.00. The van der Waals surface area contributed by atoms with Gasteiger partial charge in [0.15, 0.2) is 0 Å². The topological polar surface area (TPSA) is 49.3 Å². The first-order valence-corrected chi connectivity index (χ1v) is 7.10. The zero-order valence-corrected chi connectivity index (χ0v) is 12.9. The number of carbonyl (C=O) groups is 1. The molecule has 1 amide bonds. The highest BCUT2D eigenvalue weighted by Crippen LogP contribution is 2.31. The van der Waals surface area contributed by atoms with Crippen LogP contribution in [0.25, 0.3) is 0 Å². The van der Waals surface area contributed by atoms with Gasteiger partial charge in [-0.05, 0) is 55.2 Å². The number of phenols is 1. The summed E-state index contributed by atoms with van der Waals surface area (Å²) in [6, 6.07) is 11.0. The molecule has 0 aliphatic heterocycles. The van der Waals surface area contributed by atoms with Crippen molar-refractivity contribution < 1.29 is 9.90 Å². The maximum absolute atomic E-state index is 12.3. The minimum Gasteiger partial charge on any atom is -0.508 e. The lowest BCUT2D eigenvalue weighted by Crippen LogP contribution is -2.14. The lowest BCUT2D eigenvalue weighted by atomic mass is 9.98. The van der Waals surface area contributed by atoms with E-state index in [1.807, 2.05) is 58.0 Å². The smallest absolute Gasteiger partial charge is 0.255 e. The van der Waals surface area contributed by atoms with Gasteiger partial charge in [0.05, 0.1) is 0 Å². The van der Waals surface area contributed by atoms with Gasteiger partial charge >= 0.3 is 0 Å². The lowest BCUT2D eigenvalue weighted by Gasteiger charge is -2.16. The second-order valence-corrected chi connectivity index (χ2v) is 5.70. The molecule has 0 aromatic heterocycles. The molecule has 2 aromatic rings. The molecule has 0 atom stereocenters. The second-order valence-electron chi connectivity index (χ2n) is 5.70. The van der Waals surface area contributed by atoms with Gasteiger partial charge in [0.25, 0.3) is 5.91 Å². The maximum atomic E-state index is 12.3. The fraction of sp³-hybridized carbons (Fsp3) is 0.278. The van der Waals surface area contributed by atoms with E-state index in [9.17, 15) is 9.90 Å². The number of amides is 1. The maximum Gasteiger partial charge on any atom is 0.255 e. The van der Waals surface area contributed by atoms with Crippen LogP contribution in [-0.2, 0) is 0 Å². The monoisotopic (exact) mass is 283 g/mol. The highest BCUT2D eigenvalue weighted by Gasteiger charge is 2.13. The Hall–Kier alpha value is -2.29. The Kier molecular flexibility index (Phi) is 4.32. The first kappa shape index (κ1) is 15.1. The van der Waals surface area contributed by atoms with Gasteiger partial charge in [0, 0.05) is 11.3 Å². The molecule has 0 aliphatic rings. The predicted octanol–water partition coefficient (Wildman–Crippen LogP) is 4.38. The Labute approximate surface area is 125 Å². The number of hydrogen-bond acceptors (Lipinski definition) is 2. The molecule has 0 radical (unpaired) electrons. The van der Waals surface area contributed by atoms with Gasteiger partial charge in [-0.15, -0.1) is 0 Å². The Morgan fingerprint density at radius 1 is 1.10 bits per heavy atom. The molecule has 2 aromatic carbocycles. The normalized spacial score (nSPS) is 10.7. The minimum absolute atomic E-state index is 0.137. The average molecular weight is 283 g/mol. The zero-order chi connectivity index (χ0) is 15.6. The molecule has 0 fully saturated rings. The van der Waals surface area contributed by atoms with Crippen molar-refractivity contribution in [3.63, 3.8) is 0 Å². The van der Waals surface area contributed by atoms with E-state index in [4.69, 9.17) is 0 Å². The van der Waals surface area contributed by atoms with Crippen LogP contribution in [0.5, 0.6) is 5.75 Å². The largest absolute Gasteiger partial charge is 0.508 e. The van der Waals surface area contributed by atoms with Gasteiger partial charge in [-0.3, -0.25) is 4.79 Å². The summed E-state index contributed by atoms with van der Waals surface area (Å²) in [4.78, 5) is 12.3. The molecule has 3 heteroatoms. The van der Waals surface area contributed by atoms with Crippen molar-refractivity contribution in [2.24, 2.45) is 0 Å². The van der Waals surface area contributed by atoms with E-state index in [1.165, 1.54) is 0 Å². The number of phenolic OH excluding ortho intramolecular Hbond substituents is 1. The Morgan fingerprint density at radius 2 is 1.71 bits per heavy atom. The van der Waals surface area contributed by atoms with E-state index in [0.29, 0.717) is 5.56 Å². The summed E-state index contributed by atoms with van der Waals surface area (Å²) < 4.78 is 0. The zero-order valence-electron chi connectivity index (χ0n) is 12.9. The molecule has 0 bridgehead atoms. The van der Waals surface area contributed by atoms with Gasteiger partial charge in [-0.2, -0.15) is 0 Å². The fourth-order valence-electron chi connectivity index (χ4n) is 2.20. The third kappa shape index (κ3) is 3.43. The first-order valence-electron chi connectivity index (χ1n) is 7.10. The number of benzene rings is 2. The van der Waals surface area contributed by atoms with Crippen LogP contribution in [0.1, 0.15) is 46.8 Å². The number of aromatic hydroxyl groups is 1. The fourth-order valence-corrected chi connectivity index (χ4v) is 2.20. The van der Waals surface area contributed by atoms with Crippen molar-refractivity contribution >= 4 is 11.6 Å². The summed E-state index contributed by atoms with van der Waals surface area (Å²) in [5.41, 5.74) is 4.18. The van der Waals surface area contributed by atoms with Crippen molar-refractivity contribution in [3.05, 3.63) is 58.7 Å². The Balaban J connectivity index is 2.32. The van der Waals surface area contributed by atoms with Gasteiger partial charge in [-0.1, -0.05) is 31.5 Å². The van der Waals surface area contributed by atoms with E-state index >= 15 is 0 Å². The van der Waals surface area contributed by atoms with Crippen molar-refractivity contribution in [2.75, 3.05) is 5.32 Å². The van der Waals surface area contributed by atoms with Crippen molar-refractivity contribution in [3.8, 4) is 5.75 Å². The van der Waals surface area contributed by atoms with Crippen molar-refractivity contribution in [1.29, 1.82) is 0 Å². The summed E-state index contributed by atoms with van der Waals surface area (Å²) >= 11 is 0. The number of aryl methyl sites for hydroxylation is 2. The SMILES string of the molecule is Cc1ccc(C(=O)Nc2cc(C)c(O)cc2C(C)C)cc1. The van der Waals surface area contributed by atoms with E-state index in [0.717, 1.165) is 22.4 Å². The molecule has 110 valence electrons. The predicted molar refractivity (Wildman–Crippen MR) is 86.1 cm³/mol. The number of rotatable bonds is 3. The molecule has 2 N–H and O–H groups in total. The van der Waals surface area contributed by atoms with E-state index in [1.54, 1.807) is 6.07 Å². The van der Waals surface area contributed by atoms with Crippen LogP contribution in [0.15, 0.2) is 36.4 Å². The molecule has 0 saturated heterocycles. The summed E-state index contributed by atoms with van der Waals surface area (Å²) in [6.45, 7) is 7.88.